The monoisotopic (exact) mass is 314 g/mol. The minimum absolute atomic E-state index is 0.101. The van der Waals surface area contributed by atoms with Gasteiger partial charge < -0.3 is 14.2 Å². The SMILES string of the molecule is COc1cc(C=O)ccc1OC(=O)c1ccccc1OC(C)=O. The van der Waals surface area contributed by atoms with Gasteiger partial charge in [0.1, 0.15) is 17.6 Å². The molecule has 0 saturated carbocycles. The van der Waals surface area contributed by atoms with Gasteiger partial charge in [-0.25, -0.2) is 4.79 Å². The zero-order valence-corrected chi connectivity index (χ0v) is 12.6. The van der Waals surface area contributed by atoms with Crippen molar-refractivity contribution in [2.75, 3.05) is 7.11 Å². The second-order valence-corrected chi connectivity index (χ2v) is 4.51. The lowest BCUT2D eigenvalue weighted by molar-refractivity contribution is -0.131. The van der Waals surface area contributed by atoms with Crippen molar-refractivity contribution in [1.82, 2.24) is 0 Å². The van der Waals surface area contributed by atoms with E-state index in [4.69, 9.17) is 14.2 Å². The number of ether oxygens (including phenoxy) is 3. The van der Waals surface area contributed by atoms with E-state index in [1.54, 1.807) is 12.1 Å². The highest BCUT2D eigenvalue weighted by Gasteiger charge is 2.18. The maximum Gasteiger partial charge on any atom is 0.347 e. The number of methoxy groups -OCH3 is 1. The molecule has 2 aromatic rings. The van der Waals surface area contributed by atoms with Crippen LogP contribution in [0.1, 0.15) is 27.6 Å². The molecule has 0 aliphatic carbocycles. The zero-order valence-electron chi connectivity index (χ0n) is 12.6. The van der Waals surface area contributed by atoms with Crippen LogP contribution in [0.3, 0.4) is 0 Å². The van der Waals surface area contributed by atoms with E-state index in [0.29, 0.717) is 11.8 Å². The van der Waals surface area contributed by atoms with Crippen molar-refractivity contribution < 1.29 is 28.6 Å². The number of esters is 2. The Labute approximate surface area is 132 Å². The molecule has 0 spiro atoms. The molecule has 6 heteroatoms. The average Bonchev–Trinajstić information content (AvgIpc) is 2.55. The van der Waals surface area contributed by atoms with Crippen LogP contribution in [0.2, 0.25) is 0 Å². The Morgan fingerprint density at radius 1 is 0.957 bits per heavy atom. The summed E-state index contributed by atoms with van der Waals surface area (Å²) in [5, 5.41) is 0. The molecule has 2 aromatic carbocycles. The predicted octanol–water partition coefficient (Wildman–Crippen LogP) is 2.65. The van der Waals surface area contributed by atoms with Crippen LogP contribution in [0.5, 0.6) is 17.2 Å². The summed E-state index contributed by atoms with van der Waals surface area (Å²) in [6.07, 6.45) is 0.657. The van der Waals surface area contributed by atoms with Gasteiger partial charge in [0.15, 0.2) is 11.5 Å². The van der Waals surface area contributed by atoms with E-state index in [2.05, 4.69) is 0 Å². The third-order valence-electron chi connectivity index (χ3n) is 2.89. The topological polar surface area (TPSA) is 78.9 Å². The van der Waals surface area contributed by atoms with E-state index in [1.807, 2.05) is 0 Å². The van der Waals surface area contributed by atoms with Gasteiger partial charge in [0.25, 0.3) is 0 Å². The molecule has 0 saturated heterocycles. The van der Waals surface area contributed by atoms with Gasteiger partial charge in [0.2, 0.25) is 0 Å². The van der Waals surface area contributed by atoms with Gasteiger partial charge in [-0.15, -0.1) is 0 Å². The van der Waals surface area contributed by atoms with Gasteiger partial charge in [-0.05, 0) is 30.3 Å². The van der Waals surface area contributed by atoms with Crippen LogP contribution in [0.15, 0.2) is 42.5 Å². The molecule has 0 fully saturated rings. The minimum atomic E-state index is -0.709. The predicted molar refractivity (Wildman–Crippen MR) is 81.1 cm³/mol. The lowest BCUT2D eigenvalue weighted by Gasteiger charge is -2.11. The lowest BCUT2D eigenvalue weighted by atomic mass is 10.2. The van der Waals surface area contributed by atoms with E-state index < -0.39 is 11.9 Å². The first-order chi connectivity index (χ1) is 11.0. The number of carbonyl (C=O) groups excluding carboxylic acids is 3. The van der Waals surface area contributed by atoms with Gasteiger partial charge in [-0.1, -0.05) is 12.1 Å². The second-order valence-electron chi connectivity index (χ2n) is 4.51. The maximum atomic E-state index is 12.3. The Kier molecular flexibility index (Phi) is 5.09. The third-order valence-corrected chi connectivity index (χ3v) is 2.89. The van der Waals surface area contributed by atoms with Crippen molar-refractivity contribution in [2.45, 2.75) is 6.92 Å². The fraction of sp³-hybridized carbons (Fsp3) is 0.118. The number of aldehydes is 1. The first kappa shape index (κ1) is 16.2. The van der Waals surface area contributed by atoms with Crippen molar-refractivity contribution in [2.24, 2.45) is 0 Å². The highest BCUT2D eigenvalue weighted by Crippen LogP contribution is 2.29. The molecule has 0 atom stereocenters. The fourth-order valence-corrected chi connectivity index (χ4v) is 1.88. The van der Waals surface area contributed by atoms with Gasteiger partial charge in [0.05, 0.1) is 7.11 Å². The molecule has 0 aliphatic rings. The largest absolute Gasteiger partial charge is 0.493 e. The number of rotatable bonds is 5. The van der Waals surface area contributed by atoms with Crippen LogP contribution in [0.25, 0.3) is 0 Å². The Morgan fingerprint density at radius 2 is 1.70 bits per heavy atom. The van der Waals surface area contributed by atoms with Gasteiger partial charge >= 0.3 is 11.9 Å². The van der Waals surface area contributed by atoms with Crippen LogP contribution < -0.4 is 14.2 Å². The number of para-hydroxylation sites is 1. The quantitative estimate of drug-likeness (QED) is 0.479. The number of hydrogen-bond acceptors (Lipinski definition) is 6. The van der Waals surface area contributed by atoms with E-state index in [1.165, 1.54) is 44.4 Å². The Balaban J connectivity index is 2.29. The van der Waals surface area contributed by atoms with Crippen LogP contribution in [-0.2, 0) is 4.79 Å². The van der Waals surface area contributed by atoms with Crippen molar-refractivity contribution in [1.29, 1.82) is 0 Å². The Bertz CT molecular complexity index is 750. The van der Waals surface area contributed by atoms with Crippen LogP contribution in [0, 0.1) is 0 Å². The summed E-state index contributed by atoms with van der Waals surface area (Å²) in [7, 11) is 1.40. The summed E-state index contributed by atoms with van der Waals surface area (Å²) in [6, 6.07) is 10.6. The molecule has 118 valence electrons. The first-order valence-corrected chi connectivity index (χ1v) is 6.68. The van der Waals surface area contributed by atoms with Crippen molar-refractivity contribution in [3.63, 3.8) is 0 Å². The normalized spacial score (nSPS) is 9.83. The second kappa shape index (κ2) is 7.22. The average molecular weight is 314 g/mol. The van der Waals surface area contributed by atoms with Crippen molar-refractivity contribution >= 4 is 18.2 Å². The minimum Gasteiger partial charge on any atom is -0.493 e. The molecule has 0 radical (unpaired) electrons. The fourth-order valence-electron chi connectivity index (χ4n) is 1.88. The summed E-state index contributed by atoms with van der Waals surface area (Å²) in [5.41, 5.74) is 0.492. The summed E-state index contributed by atoms with van der Waals surface area (Å²) < 4.78 is 15.4. The summed E-state index contributed by atoms with van der Waals surface area (Å²) >= 11 is 0. The molecule has 0 heterocycles. The molecule has 0 N–H and O–H groups in total. The molecule has 0 amide bonds. The van der Waals surface area contributed by atoms with E-state index >= 15 is 0 Å². The van der Waals surface area contributed by atoms with Gasteiger partial charge in [-0.2, -0.15) is 0 Å². The standard InChI is InChI=1S/C17H14O6/c1-11(19)22-14-6-4-3-5-13(14)17(20)23-15-8-7-12(10-18)9-16(15)21-2/h3-10H,1-2H3. The lowest BCUT2D eigenvalue weighted by Crippen LogP contribution is -2.13. The highest BCUT2D eigenvalue weighted by molar-refractivity contribution is 5.95. The third kappa shape index (κ3) is 3.94. The molecule has 0 aliphatic heterocycles. The molecular weight excluding hydrogens is 300 g/mol. The van der Waals surface area contributed by atoms with E-state index in [0.717, 1.165) is 0 Å². The van der Waals surface area contributed by atoms with Crippen molar-refractivity contribution in [3.8, 4) is 17.2 Å². The van der Waals surface area contributed by atoms with Crippen LogP contribution in [0.4, 0.5) is 0 Å². The van der Waals surface area contributed by atoms with Crippen LogP contribution >= 0.6 is 0 Å². The molecule has 6 nitrogen and oxygen atoms in total. The highest BCUT2D eigenvalue weighted by atomic mass is 16.6. The van der Waals surface area contributed by atoms with Gasteiger partial charge in [-0.3, -0.25) is 9.59 Å². The smallest absolute Gasteiger partial charge is 0.347 e. The Morgan fingerprint density at radius 3 is 2.35 bits per heavy atom. The number of benzene rings is 2. The molecule has 23 heavy (non-hydrogen) atoms. The number of carbonyl (C=O) groups is 3. The number of hydrogen-bond donors (Lipinski definition) is 0. The van der Waals surface area contributed by atoms with E-state index in [9.17, 15) is 14.4 Å². The molecule has 0 bridgehead atoms. The summed E-state index contributed by atoms with van der Waals surface area (Å²) in [6.45, 7) is 1.24. The van der Waals surface area contributed by atoms with Crippen LogP contribution in [-0.4, -0.2) is 25.3 Å². The molecule has 0 unspecified atom stereocenters. The molecule has 2 rings (SSSR count). The zero-order chi connectivity index (χ0) is 16.8. The van der Waals surface area contributed by atoms with Gasteiger partial charge in [0, 0.05) is 12.5 Å². The molecular formula is C17H14O6. The van der Waals surface area contributed by atoms with Crippen molar-refractivity contribution in [3.05, 3.63) is 53.6 Å². The summed E-state index contributed by atoms with van der Waals surface area (Å²) in [4.78, 5) is 34.2. The van der Waals surface area contributed by atoms with E-state index in [-0.39, 0.29) is 22.8 Å². The maximum absolute atomic E-state index is 12.3. The molecule has 0 aromatic heterocycles. The Hall–Kier alpha value is -3.15. The first-order valence-electron chi connectivity index (χ1n) is 6.68. The summed E-state index contributed by atoms with van der Waals surface area (Å²) in [5.74, 6) is -0.751.